The largest absolute Gasteiger partial charge is 0.482 e. The minimum absolute atomic E-state index is 0.452. The van der Waals surface area contributed by atoms with Crippen molar-refractivity contribution in [2.24, 2.45) is 0 Å². The third kappa shape index (κ3) is 9.60. The van der Waals surface area contributed by atoms with E-state index in [9.17, 15) is 5.11 Å². The molecule has 1 N–H and O–H groups in total. The number of unbranched alkanes of at least 4 members (excludes halogenated alkanes) is 8. The van der Waals surface area contributed by atoms with Crippen LogP contribution in [0.25, 0.3) is 0 Å². The zero-order valence-corrected chi connectivity index (χ0v) is 15.3. The smallest absolute Gasteiger partial charge is 0.167 e. The summed E-state index contributed by atoms with van der Waals surface area (Å²) in [6.07, 6.45) is 11.7. The van der Waals surface area contributed by atoms with Gasteiger partial charge < -0.3 is 9.84 Å². The predicted octanol–water partition coefficient (Wildman–Crippen LogP) is 6.15. The third-order valence-corrected chi connectivity index (χ3v) is 4.30. The Kier molecular flexibility index (Phi) is 11.9. The number of hydrogen-bond acceptors (Lipinski definition) is 2. The van der Waals surface area contributed by atoms with Crippen molar-refractivity contribution in [2.45, 2.75) is 83.8 Å². The average Bonchev–Trinajstić information content (AvgIpc) is 2.61. The Morgan fingerprint density at radius 3 is 2.17 bits per heavy atom. The molecular weight excluding hydrogens is 296 g/mol. The van der Waals surface area contributed by atoms with Gasteiger partial charge >= 0.3 is 0 Å². The molecule has 0 saturated carbocycles. The summed E-state index contributed by atoms with van der Waals surface area (Å²) < 4.78 is 5.67. The van der Waals surface area contributed by atoms with Crippen molar-refractivity contribution in [2.75, 3.05) is 0 Å². The van der Waals surface area contributed by atoms with Crippen LogP contribution in [0.5, 0.6) is 0 Å². The van der Waals surface area contributed by atoms with Crippen LogP contribution in [0.2, 0.25) is 0 Å². The van der Waals surface area contributed by atoms with Gasteiger partial charge in [-0.25, -0.2) is 0 Å². The van der Waals surface area contributed by atoms with E-state index in [0.717, 1.165) is 18.4 Å². The Hall–Kier alpha value is -1.50. The summed E-state index contributed by atoms with van der Waals surface area (Å²) in [5, 5.41) is 10.2. The maximum absolute atomic E-state index is 10.2. The second-order valence-corrected chi connectivity index (χ2v) is 6.45. The highest BCUT2D eigenvalue weighted by molar-refractivity contribution is 5.14. The van der Waals surface area contributed by atoms with E-state index in [1.807, 2.05) is 30.3 Å². The Morgan fingerprint density at radius 1 is 1.00 bits per heavy atom. The van der Waals surface area contributed by atoms with Crippen LogP contribution in [0.15, 0.2) is 48.4 Å². The summed E-state index contributed by atoms with van der Waals surface area (Å²) in [5.74, 6) is 0.471. The van der Waals surface area contributed by atoms with Crippen molar-refractivity contribution in [3.63, 3.8) is 0 Å². The molecule has 1 rings (SSSR count). The number of ether oxygens (including phenoxy) is 1. The first-order chi connectivity index (χ1) is 11.8. The Morgan fingerprint density at radius 2 is 1.58 bits per heavy atom. The number of hydrogen-bond donors (Lipinski definition) is 1. The molecule has 1 unspecified atom stereocenters. The molecule has 0 aliphatic rings. The van der Waals surface area contributed by atoms with Crippen molar-refractivity contribution in [3.8, 4) is 0 Å². The zero-order valence-electron chi connectivity index (χ0n) is 15.3. The van der Waals surface area contributed by atoms with Crippen molar-refractivity contribution in [1.82, 2.24) is 0 Å². The van der Waals surface area contributed by atoms with E-state index in [1.54, 1.807) is 0 Å². The number of aliphatic hydroxyl groups is 1. The van der Waals surface area contributed by atoms with Gasteiger partial charge in [0.25, 0.3) is 0 Å². The summed E-state index contributed by atoms with van der Waals surface area (Å²) in [6.45, 7) is 6.34. The van der Waals surface area contributed by atoms with Crippen LogP contribution in [0.4, 0.5) is 0 Å². The van der Waals surface area contributed by atoms with Gasteiger partial charge in [0.05, 0.1) is 0 Å². The molecule has 0 aliphatic carbocycles. The van der Waals surface area contributed by atoms with Gasteiger partial charge in [-0.3, -0.25) is 0 Å². The monoisotopic (exact) mass is 330 g/mol. The van der Waals surface area contributed by atoms with Gasteiger partial charge in [0.1, 0.15) is 12.7 Å². The van der Waals surface area contributed by atoms with Crippen LogP contribution in [0.3, 0.4) is 0 Å². The fourth-order valence-electron chi connectivity index (χ4n) is 2.78. The van der Waals surface area contributed by atoms with Crippen molar-refractivity contribution < 1.29 is 9.84 Å². The van der Waals surface area contributed by atoms with E-state index in [0.29, 0.717) is 12.4 Å². The highest BCUT2D eigenvalue weighted by Gasteiger charge is 2.11. The maximum Gasteiger partial charge on any atom is 0.167 e. The fourth-order valence-corrected chi connectivity index (χ4v) is 2.78. The van der Waals surface area contributed by atoms with E-state index in [2.05, 4.69) is 19.2 Å². The molecule has 134 valence electrons. The van der Waals surface area contributed by atoms with Gasteiger partial charge in [0, 0.05) is 0 Å². The lowest BCUT2D eigenvalue weighted by Crippen LogP contribution is -2.12. The molecule has 1 aromatic carbocycles. The molecule has 0 aromatic heterocycles. The molecule has 0 heterocycles. The molecule has 1 atom stereocenters. The maximum atomic E-state index is 10.2. The van der Waals surface area contributed by atoms with Crippen LogP contribution in [0, 0.1) is 0 Å². The average molecular weight is 331 g/mol. The highest BCUT2D eigenvalue weighted by Crippen LogP contribution is 2.16. The zero-order chi connectivity index (χ0) is 17.5. The minimum atomic E-state index is -0.587. The van der Waals surface area contributed by atoms with Gasteiger partial charge in [0.15, 0.2) is 5.76 Å². The van der Waals surface area contributed by atoms with E-state index in [4.69, 9.17) is 4.74 Å². The fraction of sp³-hybridized carbons (Fsp3) is 0.591. The third-order valence-electron chi connectivity index (χ3n) is 4.30. The van der Waals surface area contributed by atoms with Gasteiger partial charge in [-0.1, -0.05) is 107 Å². The predicted molar refractivity (Wildman–Crippen MR) is 102 cm³/mol. The molecule has 2 heteroatoms. The Bertz CT molecular complexity index is 460. The number of benzene rings is 1. The molecule has 0 spiro atoms. The molecule has 0 bridgehead atoms. The van der Waals surface area contributed by atoms with Gasteiger partial charge in [0.2, 0.25) is 0 Å². The standard InChI is InChI=1S/C22H34O2/c1-3-5-6-7-8-9-10-11-15-18-21(23)22(4-2)24-19-20-16-13-12-14-17-20/h12-14,16-17,21,23H,2-3,5-11,15,18-19H2,1H3. The Balaban J connectivity index is 2.10. The Labute approximate surface area is 148 Å². The normalized spacial score (nSPS) is 11.8. The SMILES string of the molecule is C=C=C(OCc1ccccc1)C(O)CCCCCCCCCCC. The molecule has 0 radical (unpaired) electrons. The van der Waals surface area contributed by atoms with Crippen LogP contribution < -0.4 is 0 Å². The summed E-state index contributed by atoms with van der Waals surface area (Å²) in [4.78, 5) is 0. The van der Waals surface area contributed by atoms with Crippen LogP contribution in [0.1, 0.15) is 76.7 Å². The second kappa shape index (κ2) is 13.9. The lowest BCUT2D eigenvalue weighted by molar-refractivity contribution is 0.0881. The van der Waals surface area contributed by atoms with Crippen LogP contribution in [-0.2, 0) is 11.3 Å². The van der Waals surface area contributed by atoms with E-state index in [-0.39, 0.29) is 0 Å². The van der Waals surface area contributed by atoms with Crippen LogP contribution >= 0.6 is 0 Å². The van der Waals surface area contributed by atoms with E-state index < -0.39 is 6.10 Å². The summed E-state index contributed by atoms with van der Waals surface area (Å²) >= 11 is 0. The first kappa shape index (κ1) is 20.5. The van der Waals surface area contributed by atoms with Crippen molar-refractivity contribution in [1.29, 1.82) is 0 Å². The number of aliphatic hydroxyl groups excluding tert-OH is 1. The first-order valence-electron chi connectivity index (χ1n) is 9.52. The molecular formula is C22H34O2. The molecule has 1 aromatic rings. The van der Waals surface area contributed by atoms with Gasteiger partial charge in [-0.2, -0.15) is 0 Å². The van der Waals surface area contributed by atoms with E-state index in [1.165, 1.54) is 51.4 Å². The summed E-state index contributed by atoms with van der Waals surface area (Å²) in [5.41, 5.74) is 3.83. The molecule has 24 heavy (non-hydrogen) atoms. The molecule has 0 fully saturated rings. The minimum Gasteiger partial charge on any atom is -0.482 e. The lowest BCUT2D eigenvalue weighted by atomic mass is 10.0. The highest BCUT2D eigenvalue weighted by atomic mass is 16.5. The van der Waals surface area contributed by atoms with Crippen molar-refractivity contribution in [3.05, 3.63) is 54.0 Å². The summed E-state index contributed by atoms with van der Waals surface area (Å²) in [7, 11) is 0. The molecule has 0 saturated heterocycles. The van der Waals surface area contributed by atoms with Crippen molar-refractivity contribution >= 4 is 0 Å². The molecule has 2 nitrogen and oxygen atoms in total. The molecule has 0 amide bonds. The molecule has 0 aliphatic heterocycles. The first-order valence-corrected chi connectivity index (χ1v) is 9.52. The van der Waals surface area contributed by atoms with Gasteiger partial charge in [-0.15, -0.1) is 0 Å². The number of rotatable bonds is 14. The second-order valence-electron chi connectivity index (χ2n) is 6.45. The quantitative estimate of drug-likeness (QED) is 0.252. The summed E-state index contributed by atoms with van der Waals surface area (Å²) in [6, 6.07) is 9.96. The lowest BCUT2D eigenvalue weighted by Gasteiger charge is -2.14. The van der Waals surface area contributed by atoms with E-state index >= 15 is 0 Å². The van der Waals surface area contributed by atoms with Crippen LogP contribution in [-0.4, -0.2) is 11.2 Å². The van der Waals surface area contributed by atoms with Gasteiger partial charge in [-0.05, 0) is 12.0 Å². The topological polar surface area (TPSA) is 29.5 Å².